The topological polar surface area (TPSA) is 50.0 Å². The fourth-order valence-corrected chi connectivity index (χ4v) is 2.00. The fraction of sp³-hybridized carbons (Fsp3) is 1.00. The van der Waals surface area contributed by atoms with E-state index >= 15 is 0 Å². The average Bonchev–Trinajstić information content (AvgIpc) is 2.07. The number of hydrogen-bond donors (Lipinski definition) is 0. The molecule has 0 bridgehead atoms. The van der Waals surface area contributed by atoms with Gasteiger partial charge in [-0.2, -0.15) is 0 Å². The van der Waals surface area contributed by atoms with E-state index in [1.807, 2.05) is 0 Å². The molecule has 0 amide bonds. The van der Waals surface area contributed by atoms with Crippen LogP contribution in [0.3, 0.4) is 0 Å². The Morgan fingerprint density at radius 1 is 0.684 bits per heavy atom. The van der Waals surface area contributed by atoms with Gasteiger partial charge in [-0.25, -0.2) is 0 Å². The molecule has 0 aromatic rings. The van der Waals surface area contributed by atoms with Crippen molar-refractivity contribution in [3.63, 3.8) is 0 Å². The van der Waals surface area contributed by atoms with Crippen LogP contribution in [-0.2, 0) is 9.47 Å². The summed E-state index contributed by atoms with van der Waals surface area (Å²) in [4.78, 5) is 0. The van der Waals surface area contributed by atoms with Crippen molar-refractivity contribution < 1.29 is 14.9 Å². The molecule has 0 aliphatic carbocycles. The minimum atomic E-state index is 0. The van der Waals surface area contributed by atoms with E-state index in [0.717, 1.165) is 13.2 Å². The summed E-state index contributed by atoms with van der Waals surface area (Å²) >= 11 is 0. The second kappa shape index (κ2) is 5.71. The first-order valence-electron chi connectivity index (χ1n) is 7.19. The quantitative estimate of drug-likeness (QED) is 0.677. The summed E-state index contributed by atoms with van der Waals surface area (Å²) in [6.07, 6.45) is 2.44. The van der Waals surface area contributed by atoms with Crippen LogP contribution in [0.1, 0.15) is 68.2 Å². The van der Waals surface area contributed by atoms with E-state index in [9.17, 15) is 0 Å². The van der Waals surface area contributed by atoms with E-state index in [4.69, 9.17) is 9.47 Å². The smallest absolute Gasteiger partial charge is 0.0724 e. The van der Waals surface area contributed by atoms with Gasteiger partial charge < -0.3 is 14.9 Å². The van der Waals surface area contributed by atoms with Crippen molar-refractivity contribution in [3.8, 4) is 0 Å². The molecule has 116 valence electrons. The summed E-state index contributed by atoms with van der Waals surface area (Å²) in [5.41, 5.74) is 0.941. The molecule has 2 N–H and O–H groups in total. The molecule has 2 saturated heterocycles. The summed E-state index contributed by atoms with van der Waals surface area (Å²) < 4.78 is 11.0. The van der Waals surface area contributed by atoms with Crippen LogP contribution in [-0.4, -0.2) is 29.9 Å². The molecule has 2 atom stereocenters. The van der Waals surface area contributed by atoms with Crippen LogP contribution in [0, 0.1) is 10.8 Å². The minimum Gasteiger partial charge on any atom is -0.412 e. The Labute approximate surface area is 119 Å². The third-order valence-electron chi connectivity index (χ3n) is 5.17. The van der Waals surface area contributed by atoms with Crippen LogP contribution in [0.15, 0.2) is 0 Å². The van der Waals surface area contributed by atoms with Gasteiger partial charge in [0.1, 0.15) is 0 Å². The highest BCUT2D eigenvalue weighted by Gasteiger charge is 2.44. The Balaban J connectivity index is 0.000000324. The molecule has 0 spiro atoms. The number of rotatable bonds is 0. The molecule has 3 heteroatoms. The van der Waals surface area contributed by atoms with Crippen molar-refractivity contribution in [3.05, 3.63) is 0 Å². The molecule has 0 saturated carbocycles. The van der Waals surface area contributed by atoms with Crippen molar-refractivity contribution >= 4 is 0 Å². The van der Waals surface area contributed by atoms with Gasteiger partial charge in [-0.1, -0.05) is 41.5 Å². The van der Waals surface area contributed by atoms with E-state index in [0.29, 0.717) is 10.8 Å². The fourth-order valence-electron chi connectivity index (χ4n) is 2.00. The highest BCUT2D eigenvalue weighted by Crippen LogP contribution is 2.42. The van der Waals surface area contributed by atoms with Crippen LogP contribution < -0.4 is 0 Å². The zero-order chi connectivity index (χ0) is 14.2. The van der Waals surface area contributed by atoms with Gasteiger partial charge in [-0.3, -0.25) is 0 Å². The van der Waals surface area contributed by atoms with Gasteiger partial charge in [0, 0.05) is 12.8 Å². The van der Waals surface area contributed by atoms with Crippen molar-refractivity contribution in [2.45, 2.75) is 79.4 Å². The summed E-state index contributed by atoms with van der Waals surface area (Å²) in [7, 11) is 0. The zero-order valence-corrected chi connectivity index (χ0v) is 14.1. The monoisotopic (exact) mass is 274 g/mol. The Kier molecular flexibility index (Phi) is 5.67. The second-order valence-corrected chi connectivity index (χ2v) is 8.16. The van der Waals surface area contributed by atoms with Crippen LogP contribution in [0.25, 0.3) is 0 Å². The maximum atomic E-state index is 5.48. The highest BCUT2D eigenvalue weighted by atomic mass is 16.5. The van der Waals surface area contributed by atoms with Gasteiger partial charge in [0.15, 0.2) is 0 Å². The van der Waals surface area contributed by atoms with Gasteiger partial charge in [0.05, 0.1) is 24.4 Å². The van der Waals surface area contributed by atoms with Crippen LogP contribution >= 0.6 is 0 Å². The molecule has 2 heterocycles. The third kappa shape index (κ3) is 3.93. The molecule has 0 aromatic heterocycles. The lowest BCUT2D eigenvalue weighted by molar-refractivity contribution is -0.193. The lowest BCUT2D eigenvalue weighted by atomic mass is 9.73. The minimum absolute atomic E-state index is 0. The molecule has 2 unspecified atom stereocenters. The SMILES string of the molecule is CC(C)(C)C1(C)CCO1.CC(C)(C)C1(C)CCO1.O. The summed E-state index contributed by atoms with van der Waals surface area (Å²) in [6, 6.07) is 0. The van der Waals surface area contributed by atoms with Crippen LogP contribution in [0.4, 0.5) is 0 Å². The molecule has 2 aliphatic heterocycles. The predicted octanol–water partition coefficient (Wildman–Crippen LogP) is 3.60. The summed E-state index contributed by atoms with van der Waals surface area (Å²) in [6.45, 7) is 19.7. The van der Waals surface area contributed by atoms with Crippen molar-refractivity contribution in [1.82, 2.24) is 0 Å². The van der Waals surface area contributed by atoms with E-state index < -0.39 is 0 Å². The normalized spacial score (nSPS) is 34.1. The van der Waals surface area contributed by atoms with Gasteiger partial charge in [-0.15, -0.1) is 0 Å². The van der Waals surface area contributed by atoms with Gasteiger partial charge in [-0.05, 0) is 24.7 Å². The first-order valence-corrected chi connectivity index (χ1v) is 7.19. The molecule has 19 heavy (non-hydrogen) atoms. The number of ether oxygens (including phenoxy) is 2. The predicted molar refractivity (Wildman–Crippen MR) is 80.5 cm³/mol. The molecular weight excluding hydrogens is 240 g/mol. The van der Waals surface area contributed by atoms with Crippen molar-refractivity contribution in [1.29, 1.82) is 0 Å². The van der Waals surface area contributed by atoms with Crippen molar-refractivity contribution in [2.24, 2.45) is 10.8 Å². The standard InChI is InChI=1S/2C8H16O.H2O/c2*1-7(2,3)8(4)5-6-9-8;/h2*5-6H2,1-4H3;1H2. The maximum Gasteiger partial charge on any atom is 0.0724 e. The molecule has 0 radical (unpaired) electrons. The Bertz CT molecular complexity index is 245. The molecular formula is C16H34O3. The van der Waals surface area contributed by atoms with Crippen molar-refractivity contribution in [2.75, 3.05) is 13.2 Å². The van der Waals surface area contributed by atoms with E-state index in [1.54, 1.807) is 0 Å². The lowest BCUT2D eigenvalue weighted by Crippen LogP contribution is -2.51. The van der Waals surface area contributed by atoms with E-state index in [-0.39, 0.29) is 16.7 Å². The number of hydrogen-bond acceptors (Lipinski definition) is 2. The average molecular weight is 274 g/mol. The summed E-state index contributed by atoms with van der Waals surface area (Å²) in [5, 5.41) is 0. The maximum absolute atomic E-state index is 5.48. The van der Waals surface area contributed by atoms with Crippen LogP contribution in [0.2, 0.25) is 0 Å². The van der Waals surface area contributed by atoms with E-state index in [1.165, 1.54) is 12.8 Å². The van der Waals surface area contributed by atoms with E-state index in [2.05, 4.69) is 55.4 Å². The lowest BCUT2D eigenvalue weighted by Gasteiger charge is -2.48. The van der Waals surface area contributed by atoms with Crippen LogP contribution in [0.5, 0.6) is 0 Å². The summed E-state index contributed by atoms with van der Waals surface area (Å²) in [5.74, 6) is 0. The molecule has 2 rings (SSSR count). The first kappa shape index (κ1) is 18.9. The molecule has 2 aliphatic rings. The molecule has 3 nitrogen and oxygen atoms in total. The Morgan fingerprint density at radius 3 is 0.895 bits per heavy atom. The largest absolute Gasteiger partial charge is 0.412 e. The van der Waals surface area contributed by atoms with Gasteiger partial charge in [0.25, 0.3) is 0 Å². The highest BCUT2D eigenvalue weighted by molar-refractivity contribution is 4.93. The Morgan fingerprint density at radius 2 is 0.895 bits per heavy atom. The zero-order valence-electron chi connectivity index (χ0n) is 14.1. The second-order valence-electron chi connectivity index (χ2n) is 8.16. The first-order chi connectivity index (χ1) is 7.91. The Hall–Kier alpha value is -0.120. The molecule has 0 aromatic carbocycles. The van der Waals surface area contributed by atoms with Gasteiger partial charge in [0.2, 0.25) is 0 Å². The van der Waals surface area contributed by atoms with Gasteiger partial charge >= 0.3 is 0 Å². The molecule has 2 fully saturated rings. The third-order valence-corrected chi connectivity index (χ3v) is 5.17.